The minimum absolute atomic E-state index is 0.368. The molecule has 0 atom stereocenters. The first kappa shape index (κ1) is 17.9. The quantitative estimate of drug-likeness (QED) is 0.476. The van der Waals surface area contributed by atoms with Gasteiger partial charge in [0.1, 0.15) is 12.4 Å². The van der Waals surface area contributed by atoms with E-state index >= 15 is 0 Å². The van der Waals surface area contributed by atoms with Gasteiger partial charge >= 0.3 is 5.97 Å². The van der Waals surface area contributed by atoms with Gasteiger partial charge in [-0.15, -0.1) is 0 Å². The zero-order valence-electron chi connectivity index (χ0n) is 12.2. The van der Waals surface area contributed by atoms with Crippen molar-refractivity contribution in [2.75, 3.05) is 7.11 Å². The summed E-state index contributed by atoms with van der Waals surface area (Å²) >= 11 is 15.3. The van der Waals surface area contributed by atoms with Crippen LogP contribution in [-0.4, -0.2) is 13.1 Å². The van der Waals surface area contributed by atoms with Gasteiger partial charge in [0, 0.05) is 6.08 Å². The molecule has 0 fully saturated rings. The first-order chi connectivity index (χ1) is 11.0. The summed E-state index contributed by atoms with van der Waals surface area (Å²) in [5, 5.41) is 1.01. The standard InChI is InChI=1S/C17H13BrCl2O3/c1-22-17(21)7-4-11-3-6-16(13(18)8-11)23-10-12-2-5-14(19)15(20)9-12/h2-9H,10H2,1H3/b7-4+. The van der Waals surface area contributed by atoms with Crippen LogP contribution in [0, 0.1) is 0 Å². The molecule has 2 aromatic carbocycles. The maximum absolute atomic E-state index is 11.1. The Kier molecular flexibility index (Phi) is 6.51. The number of halogens is 3. The molecule has 6 heteroatoms. The van der Waals surface area contributed by atoms with Crippen LogP contribution in [0.2, 0.25) is 10.0 Å². The van der Waals surface area contributed by atoms with Crippen LogP contribution in [-0.2, 0) is 16.1 Å². The molecule has 0 N–H and O–H groups in total. The number of rotatable bonds is 5. The number of benzene rings is 2. The highest BCUT2D eigenvalue weighted by Gasteiger charge is 2.04. The van der Waals surface area contributed by atoms with Crippen molar-refractivity contribution in [3.05, 3.63) is 68.1 Å². The van der Waals surface area contributed by atoms with E-state index < -0.39 is 5.97 Å². The second-order valence-electron chi connectivity index (χ2n) is 4.58. The van der Waals surface area contributed by atoms with Crippen LogP contribution >= 0.6 is 39.1 Å². The molecule has 3 nitrogen and oxygen atoms in total. The molecule has 0 amide bonds. The summed E-state index contributed by atoms with van der Waals surface area (Å²) in [6, 6.07) is 10.9. The fourth-order valence-corrected chi connectivity index (χ4v) is 2.59. The van der Waals surface area contributed by atoms with E-state index in [1.54, 1.807) is 18.2 Å². The molecular formula is C17H13BrCl2O3. The second-order valence-corrected chi connectivity index (χ2v) is 6.25. The van der Waals surface area contributed by atoms with Crippen molar-refractivity contribution in [1.82, 2.24) is 0 Å². The summed E-state index contributed by atoms with van der Waals surface area (Å²) < 4.78 is 11.1. The van der Waals surface area contributed by atoms with E-state index in [1.807, 2.05) is 24.3 Å². The van der Waals surface area contributed by atoms with Crippen LogP contribution in [0.1, 0.15) is 11.1 Å². The van der Waals surface area contributed by atoms with Crippen molar-refractivity contribution in [2.24, 2.45) is 0 Å². The van der Waals surface area contributed by atoms with Gasteiger partial charge in [-0.2, -0.15) is 0 Å². The largest absolute Gasteiger partial charge is 0.488 e. The van der Waals surface area contributed by atoms with E-state index in [0.29, 0.717) is 22.4 Å². The minimum atomic E-state index is -0.402. The number of hydrogen-bond acceptors (Lipinski definition) is 3. The minimum Gasteiger partial charge on any atom is -0.488 e. The van der Waals surface area contributed by atoms with E-state index in [9.17, 15) is 4.79 Å². The van der Waals surface area contributed by atoms with Crippen molar-refractivity contribution in [3.8, 4) is 5.75 Å². The van der Waals surface area contributed by atoms with Crippen LogP contribution in [0.15, 0.2) is 46.9 Å². The van der Waals surface area contributed by atoms with Gasteiger partial charge in [0.2, 0.25) is 0 Å². The average Bonchev–Trinajstić information content (AvgIpc) is 2.54. The molecule has 0 aliphatic rings. The first-order valence-corrected chi connectivity index (χ1v) is 8.17. The molecule has 0 bridgehead atoms. The predicted molar refractivity (Wildman–Crippen MR) is 96.0 cm³/mol. The van der Waals surface area contributed by atoms with Gasteiger partial charge in [0.25, 0.3) is 0 Å². The van der Waals surface area contributed by atoms with Crippen LogP contribution in [0.4, 0.5) is 0 Å². The lowest BCUT2D eigenvalue weighted by Gasteiger charge is -2.09. The van der Waals surface area contributed by atoms with Crippen LogP contribution in [0.3, 0.4) is 0 Å². The Morgan fingerprint density at radius 1 is 1.17 bits per heavy atom. The summed E-state index contributed by atoms with van der Waals surface area (Å²) in [4.78, 5) is 11.1. The topological polar surface area (TPSA) is 35.5 Å². The third kappa shape index (κ3) is 5.27. The summed E-state index contributed by atoms with van der Waals surface area (Å²) in [7, 11) is 1.34. The third-order valence-corrected chi connectivity index (χ3v) is 4.31. The number of hydrogen-bond donors (Lipinski definition) is 0. The van der Waals surface area contributed by atoms with E-state index in [-0.39, 0.29) is 0 Å². The SMILES string of the molecule is COC(=O)/C=C/c1ccc(OCc2ccc(Cl)c(Cl)c2)c(Br)c1. The van der Waals surface area contributed by atoms with Crippen LogP contribution in [0.25, 0.3) is 6.08 Å². The maximum atomic E-state index is 11.1. The molecule has 0 heterocycles. The molecule has 2 rings (SSSR count). The zero-order chi connectivity index (χ0) is 16.8. The molecule has 0 radical (unpaired) electrons. The summed E-state index contributed by atoms with van der Waals surface area (Å²) in [6.45, 7) is 0.368. The van der Waals surface area contributed by atoms with E-state index in [0.717, 1.165) is 15.6 Å². The Morgan fingerprint density at radius 3 is 2.61 bits per heavy atom. The molecule has 0 saturated carbocycles. The lowest BCUT2D eigenvalue weighted by molar-refractivity contribution is -0.134. The van der Waals surface area contributed by atoms with Crippen molar-refractivity contribution in [1.29, 1.82) is 0 Å². The summed E-state index contributed by atoms with van der Waals surface area (Å²) in [5.41, 5.74) is 1.77. The lowest BCUT2D eigenvalue weighted by atomic mass is 10.2. The Bertz CT molecular complexity index is 745. The second kappa shape index (κ2) is 8.39. The first-order valence-electron chi connectivity index (χ1n) is 6.62. The van der Waals surface area contributed by atoms with Crippen LogP contribution < -0.4 is 4.74 Å². The summed E-state index contributed by atoms with van der Waals surface area (Å²) in [6.07, 6.45) is 3.03. The highest BCUT2D eigenvalue weighted by atomic mass is 79.9. The highest BCUT2D eigenvalue weighted by Crippen LogP contribution is 2.28. The molecule has 23 heavy (non-hydrogen) atoms. The predicted octanol–water partition coefficient (Wildman–Crippen LogP) is 5.52. The molecular weight excluding hydrogens is 403 g/mol. The fraction of sp³-hybridized carbons (Fsp3) is 0.118. The maximum Gasteiger partial charge on any atom is 0.330 e. The fourth-order valence-electron chi connectivity index (χ4n) is 1.76. The van der Waals surface area contributed by atoms with Gasteiger partial charge in [-0.25, -0.2) is 4.79 Å². The van der Waals surface area contributed by atoms with Crippen molar-refractivity contribution < 1.29 is 14.3 Å². The Hall–Kier alpha value is -1.49. The monoisotopic (exact) mass is 414 g/mol. The Morgan fingerprint density at radius 2 is 1.96 bits per heavy atom. The number of methoxy groups -OCH3 is 1. The van der Waals surface area contributed by atoms with Gasteiger partial charge in [0.15, 0.2) is 0 Å². The smallest absolute Gasteiger partial charge is 0.330 e. The molecule has 0 aromatic heterocycles. The summed E-state index contributed by atoms with van der Waals surface area (Å²) in [5.74, 6) is 0.285. The number of carbonyl (C=O) groups excluding carboxylic acids is 1. The molecule has 0 aliphatic heterocycles. The third-order valence-electron chi connectivity index (χ3n) is 2.95. The molecule has 0 spiro atoms. The van der Waals surface area contributed by atoms with Crippen molar-refractivity contribution >= 4 is 51.2 Å². The molecule has 0 saturated heterocycles. The average molecular weight is 416 g/mol. The molecule has 0 aliphatic carbocycles. The van der Waals surface area contributed by atoms with Gasteiger partial charge < -0.3 is 9.47 Å². The lowest BCUT2D eigenvalue weighted by Crippen LogP contribution is -1.96. The Labute approximate surface area is 152 Å². The van der Waals surface area contributed by atoms with Gasteiger partial charge in [0.05, 0.1) is 21.6 Å². The highest BCUT2D eigenvalue weighted by molar-refractivity contribution is 9.10. The molecule has 2 aromatic rings. The van der Waals surface area contributed by atoms with Gasteiger partial charge in [-0.05, 0) is 57.4 Å². The van der Waals surface area contributed by atoms with E-state index in [2.05, 4.69) is 20.7 Å². The number of carbonyl (C=O) groups is 1. The molecule has 120 valence electrons. The van der Waals surface area contributed by atoms with E-state index in [4.69, 9.17) is 27.9 Å². The van der Waals surface area contributed by atoms with Gasteiger partial charge in [-0.3, -0.25) is 0 Å². The normalized spacial score (nSPS) is 10.8. The van der Waals surface area contributed by atoms with Crippen molar-refractivity contribution in [2.45, 2.75) is 6.61 Å². The van der Waals surface area contributed by atoms with Crippen molar-refractivity contribution in [3.63, 3.8) is 0 Å². The zero-order valence-corrected chi connectivity index (χ0v) is 15.3. The number of ether oxygens (including phenoxy) is 2. The molecule has 0 unspecified atom stereocenters. The van der Waals surface area contributed by atoms with Gasteiger partial charge in [-0.1, -0.05) is 35.3 Å². The van der Waals surface area contributed by atoms with E-state index in [1.165, 1.54) is 13.2 Å². The Balaban J connectivity index is 2.04. The number of esters is 1. The van der Waals surface area contributed by atoms with Crippen LogP contribution in [0.5, 0.6) is 5.75 Å².